The molecule has 1 atom stereocenters. The Hall–Kier alpha value is -1.96. The molecule has 18 heavy (non-hydrogen) atoms. The number of rotatable bonds is 4. The van der Waals surface area contributed by atoms with E-state index in [1.165, 1.54) is 11.1 Å². The molecule has 1 aromatic rings. The van der Waals surface area contributed by atoms with Gasteiger partial charge in [-0.3, -0.25) is 0 Å². The third kappa shape index (κ3) is 3.04. The van der Waals surface area contributed by atoms with Crippen molar-refractivity contribution in [3.05, 3.63) is 71.6 Å². The number of dihydropyridines is 1. The van der Waals surface area contributed by atoms with E-state index in [0.29, 0.717) is 6.04 Å². The lowest BCUT2D eigenvalue weighted by Crippen LogP contribution is -2.33. The van der Waals surface area contributed by atoms with Gasteiger partial charge in [0.1, 0.15) is 0 Å². The van der Waals surface area contributed by atoms with Gasteiger partial charge in [-0.25, -0.2) is 0 Å². The van der Waals surface area contributed by atoms with Gasteiger partial charge in [0, 0.05) is 13.1 Å². The molecular formula is C16H20N2. The van der Waals surface area contributed by atoms with Crippen molar-refractivity contribution in [3.8, 4) is 0 Å². The van der Waals surface area contributed by atoms with Crippen molar-refractivity contribution >= 4 is 0 Å². The van der Waals surface area contributed by atoms with E-state index >= 15 is 0 Å². The molecule has 2 N–H and O–H groups in total. The van der Waals surface area contributed by atoms with E-state index in [2.05, 4.69) is 60.6 Å². The molecule has 2 rings (SSSR count). The molecule has 1 heterocycles. The molecule has 0 radical (unpaired) electrons. The quantitative estimate of drug-likeness (QED) is 0.845. The highest BCUT2D eigenvalue weighted by atomic mass is 15.0. The van der Waals surface area contributed by atoms with Crippen molar-refractivity contribution in [2.24, 2.45) is 0 Å². The summed E-state index contributed by atoms with van der Waals surface area (Å²) in [6, 6.07) is 10.9. The van der Waals surface area contributed by atoms with Crippen LogP contribution in [0.4, 0.5) is 0 Å². The monoisotopic (exact) mass is 240 g/mol. The summed E-state index contributed by atoms with van der Waals surface area (Å²) >= 11 is 0. The molecule has 1 aliphatic heterocycles. The highest BCUT2D eigenvalue weighted by Gasteiger charge is 2.14. The molecule has 2 heteroatoms. The Morgan fingerprint density at radius 3 is 2.72 bits per heavy atom. The molecule has 0 bridgehead atoms. The predicted molar refractivity (Wildman–Crippen MR) is 77.1 cm³/mol. The van der Waals surface area contributed by atoms with Gasteiger partial charge in [-0.1, -0.05) is 48.6 Å². The van der Waals surface area contributed by atoms with E-state index in [0.717, 1.165) is 17.8 Å². The van der Waals surface area contributed by atoms with Crippen LogP contribution < -0.4 is 10.6 Å². The highest BCUT2D eigenvalue weighted by Crippen LogP contribution is 2.16. The topological polar surface area (TPSA) is 24.1 Å². The third-order valence-electron chi connectivity index (χ3n) is 3.10. The minimum absolute atomic E-state index is 0.331. The maximum absolute atomic E-state index is 4.00. The van der Waals surface area contributed by atoms with Crippen LogP contribution in [0.3, 0.4) is 0 Å². The van der Waals surface area contributed by atoms with E-state index in [4.69, 9.17) is 0 Å². The van der Waals surface area contributed by atoms with Crippen molar-refractivity contribution in [2.75, 3.05) is 7.05 Å². The normalized spacial score (nSPS) is 18.4. The van der Waals surface area contributed by atoms with Crippen LogP contribution in [0.2, 0.25) is 0 Å². The first-order valence-corrected chi connectivity index (χ1v) is 6.26. The number of hydrogen-bond donors (Lipinski definition) is 2. The summed E-state index contributed by atoms with van der Waals surface area (Å²) in [4.78, 5) is 0. The van der Waals surface area contributed by atoms with E-state index in [-0.39, 0.29) is 0 Å². The number of benzene rings is 1. The summed E-state index contributed by atoms with van der Waals surface area (Å²) < 4.78 is 0. The minimum Gasteiger partial charge on any atom is -0.387 e. The zero-order valence-electron chi connectivity index (χ0n) is 11.0. The number of allylic oxidation sites excluding steroid dienone is 2. The van der Waals surface area contributed by atoms with Crippen LogP contribution in [-0.4, -0.2) is 13.1 Å². The summed E-state index contributed by atoms with van der Waals surface area (Å²) in [6.45, 7) is 6.13. The Labute approximate surface area is 109 Å². The smallest absolute Gasteiger partial charge is 0.0577 e. The van der Waals surface area contributed by atoms with Gasteiger partial charge in [0.25, 0.3) is 0 Å². The fraction of sp³-hybridized carbons (Fsp3) is 0.250. The zero-order valence-corrected chi connectivity index (χ0v) is 11.0. The molecule has 0 saturated heterocycles. The molecule has 94 valence electrons. The highest BCUT2D eigenvalue weighted by molar-refractivity contribution is 5.38. The number of likely N-dealkylation sites (N-methyl/N-ethyl adjacent to an activating group) is 1. The molecule has 2 nitrogen and oxygen atoms in total. The van der Waals surface area contributed by atoms with Gasteiger partial charge >= 0.3 is 0 Å². The van der Waals surface area contributed by atoms with Crippen LogP contribution in [0.1, 0.15) is 12.5 Å². The van der Waals surface area contributed by atoms with E-state index in [9.17, 15) is 0 Å². The predicted octanol–water partition coefficient (Wildman–Crippen LogP) is 2.76. The molecular weight excluding hydrogens is 220 g/mol. The average Bonchev–Trinajstić information content (AvgIpc) is 2.38. The fourth-order valence-electron chi connectivity index (χ4n) is 2.16. The zero-order chi connectivity index (χ0) is 13.0. The van der Waals surface area contributed by atoms with E-state index in [1.54, 1.807) is 0 Å². The summed E-state index contributed by atoms with van der Waals surface area (Å²) in [7, 11) is 1.89. The molecule has 0 amide bonds. The van der Waals surface area contributed by atoms with Gasteiger partial charge in [0.05, 0.1) is 11.4 Å². The van der Waals surface area contributed by atoms with Crippen molar-refractivity contribution in [1.29, 1.82) is 0 Å². The van der Waals surface area contributed by atoms with Crippen LogP contribution >= 0.6 is 0 Å². The summed E-state index contributed by atoms with van der Waals surface area (Å²) in [5.41, 5.74) is 4.63. The van der Waals surface area contributed by atoms with Crippen LogP contribution in [-0.2, 0) is 6.42 Å². The Morgan fingerprint density at radius 2 is 2.06 bits per heavy atom. The largest absolute Gasteiger partial charge is 0.387 e. The van der Waals surface area contributed by atoms with E-state index in [1.807, 2.05) is 13.1 Å². The molecule has 1 aliphatic rings. The van der Waals surface area contributed by atoms with Gasteiger partial charge < -0.3 is 10.6 Å². The lowest BCUT2D eigenvalue weighted by atomic mass is 9.99. The Balaban J connectivity index is 2.09. The van der Waals surface area contributed by atoms with Crippen LogP contribution in [0.15, 0.2) is 66.0 Å². The maximum Gasteiger partial charge on any atom is 0.0577 e. The Kier molecular flexibility index (Phi) is 3.88. The lowest BCUT2D eigenvalue weighted by Gasteiger charge is -2.25. The number of hydrogen-bond acceptors (Lipinski definition) is 2. The number of nitrogens with one attached hydrogen (secondary N) is 2. The van der Waals surface area contributed by atoms with Gasteiger partial charge in [0.2, 0.25) is 0 Å². The minimum atomic E-state index is 0.331. The average molecular weight is 240 g/mol. The van der Waals surface area contributed by atoms with E-state index < -0.39 is 0 Å². The SMILES string of the molecule is C=C(NC)C1=CC(C)=CC(Cc2ccccc2)N1. The van der Waals surface area contributed by atoms with Crippen molar-refractivity contribution in [3.63, 3.8) is 0 Å². The lowest BCUT2D eigenvalue weighted by molar-refractivity contribution is 0.649. The fourth-order valence-corrected chi connectivity index (χ4v) is 2.16. The first kappa shape index (κ1) is 12.5. The van der Waals surface area contributed by atoms with Gasteiger partial charge in [-0.05, 0) is 25.0 Å². The summed E-state index contributed by atoms with van der Waals surface area (Å²) in [5.74, 6) is 0. The molecule has 0 aliphatic carbocycles. The molecule has 1 unspecified atom stereocenters. The summed E-state index contributed by atoms with van der Waals surface area (Å²) in [5, 5.41) is 6.59. The van der Waals surface area contributed by atoms with Crippen molar-refractivity contribution in [1.82, 2.24) is 10.6 Å². The Morgan fingerprint density at radius 1 is 1.33 bits per heavy atom. The molecule has 1 aromatic carbocycles. The van der Waals surface area contributed by atoms with Crippen molar-refractivity contribution in [2.45, 2.75) is 19.4 Å². The first-order chi connectivity index (χ1) is 8.69. The molecule has 0 aromatic heterocycles. The van der Waals surface area contributed by atoms with Gasteiger partial charge in [-0.2, -0.15) is 0 Å². The van der Waals surface area contributed by atoms with Gasteiger partial charge in [0.15, 0.2) is 0 Å². The van der Waals surface area contributed by atoms with Crippen LogP contribution in [0.5, 0.6) is 0 Å². The second-order valence-electron chi connectivity index (χ2n) is 4.64. The first-order valence-electron chi connectivity index (χ1n) is 6.26. The maximum atomic E-state index is 4.00. The standard InChI is InChI=1S/C16H20N2/c1-12-9-15(11-14-7-5-4-6-8-14)18-16(10-12)13(2)17-3/h4-10,15,17-18H,2,11H2,1,3H3. The van der Waals surface area contributed by atoms with Crippen LogP contribution in [0, 0.1) is 0 Å². The second kappa shape index (κ2) is 5.58. The summed E-state index contributed by atoms with van der Waals surface area (Å²) in [6.07, 6.45) is 5.38. The molecule has 0 fully saturated rings. The third-order valence-corrected chi connectivity index (χ3v) is 3.10. The van der Waals surface area contributed by atoms with Crippen molar-refractivity contribution < 1.29 is 0 Å². The second-order valence-corrected chi connectivity index (χ2v) is 4.64. The van der Waals surface area contributed by atoms with Crippen LogP contribution in [0.25, 0.3) is 0 Å². The van der Waals surface area contributed by atoms with Gasteiger partial charge in [-0.15, -0.1) is 0 Å². The Bertz CT molecular complexity index is 483. The molecule has 0 saturated carbocycles. The molecule has 0 spiro atoms.